The summed E-state index contributed by atoms with van der Waals surface area (Å²) >= 11 is 0. The number of hydrogen-bond donors (Lipinski definition) is 1. The van der Waals surface area contributed by atoms with Gasteiger partial charge in [0.1, 0.15) is 6.04 Å². The predicted molar refractivity (Wildman–Crippen MR) is 56.7 cm³/mol. The monoisotopic (exact) mass is 204 g/mol. The molecule has 1 heterocycles. The predicted octanol–water partition coefficient (Wildman–Crippen LogP) is 1.44. The second-order valence-corrected chi connectivity index (χ2v) is 3.68. The molecular weight excluding hydrogens is 192 g/mol. The molecule has 1 aliphatic heterocycles. The van der Waals surface area contributed by atoms with E-state index >= 15 is 0 Å². The molecule has 1 aromatic carbocycles. The maximum absolute atomic E-state index is 11.5. The third-order valence-corrected chi connectivity index (χ3v) is 2.53. The van der Waals surface area contributed by atoms with Crippen molar-refractivity contribution in [2.75, 3.05) is 4.90 Å². The molecule has 0 bridgehead atoms. The summed E-state index contributed by atoms with van der Waals surface area (Å²) in [4.78, 5) is 24.2. The van der Waals surface area contributed by atoms with E-state index in [1.54, 1.807) is 6.92 Å². The van der Waals surface area contributed by atoms with Gasteiger partial charge in [-0.2, -0.15) is 0 Å². The van der Waals surface area contributed by atoms with Crippen molar-refractivity contribution in [1.82, 2.24) is 5.32 Å². The van der Waals surface area contributed by atoms with Gasteiger partial charge in [0.25, 0.3) is 5.91 Å². The zero-order valence-corrected chi connectivity index (χ0v) is 8.65. The Morgan fingerprint density at radius 2 is 1.80 bits per heavy atom. The summed E-state index contributed by atoms with van der Waals surface area (Å²) in [5.41, 5.74) is 1.87. The molecule has 15 heavy (non-hydrogen) atoms. The van der Waals surface area contributed by atoms with Gasteiger partial charge in [0.2, 0.25) is 0 Å². The fourth-order valence-corrected chi connectivity index (χ4v) is 1.61. The fourth-order valence-electron chi connectivity index (χ4n) is 1.61. The van der Waals surface area contributed by atoms with E-state index in [4.69, 9.17) is 0 Å². The lowest BCUT2D eigenvalue weighted by Gasteiger charge is -2.18. The molecule has 1 fully saturated rings. The summed E-state index contributed by atoms with van der Waals surface area (Å²) in [5, 5.41) is 2.28. The van der Waals surface area contributed by atoms with Gasteiger partial charge in [-0.15, -0.1) is 0 Å². The summed E-state index contributed by atoms with van der Waals surface area (Å²) in [6.07, 6.45) is 0. The second-order valence-electron chi connectivity index (χ2n) is 3.68. The summed E-state index contributed by atoms with van der Waals surface area (Å²) in [5.74, 6) is -0.249. The van der Waals surface area contributed by atoms with Gasteiger partial charge in [0.15, 0.2) is 0 Å². The minimum atomic E-state index is -0.430. The zero-order chi connectivity index (χ0) is 11.0. The molecular formula is C11H12N2O2. The van der Waals surface area contributed by atoms with E-state index in [0.717, 1.165) is 11.3 Å². The van der Waals surface area contributed by atoms with Crippen LogP contribution in [0.1, 0.15) is 12.5 Å². The van der Waals surface area contributed by atoms with Gasteiger partial charge in [0.05, 0.1) is 0 Å². The minimum absolute atomic E-state index is 0.249. The van der Waals surface area contributed by atoms with Crippen LogP contribution in [-0.4, -0.2) is 18.0 Å². The van der Waals surface area contributed by atoms with E-state index < -0.39 is 6.04 Å². The number of carbonyl (C=O) groups is 2. The Morgan fingerprint density at radius 1 is 1.20 bits per heavy atom. The first-order chi connectivity index (χ1) is 7.09. The van der Waals surface area contributed by atoms with Crippen molar-refractivity contribution >= 4 is 17.6 Å². The van der Waals surface area contributed by atoms with Crippen LogP contribution in [0.25, 0.3) is 0 Å². The van der Waals surface area contributed by atoms with Crippen molar-refractivity contribution in [3.8, 4) is 0 Å². The normalized spacial score (nSPS) is 20.7. The van der Waals surface area contributed by atoms with Gasteiger partial charge in [-0.25, -0.2) is 4.79 Å². The van der Waals surface area contributed by atoms with Gasteiger partial charge in [-0.3, -0.25) is 15.0 Å². The lowest BCUT2D eigenvalue weighted by Crippen LogP contribution is -2.32. The Bertz CT molecular complexity index is 411. The molecule has 4 nitrogen and oxygen atoms in total. The fraction of sp³-hybridized carbons (Fsp3) is 0.273. The largest absolute Gasteiger partial charge is 0.329 e. The first-order valence-corrected chi connectivity index (χ1v) is 4.80. The zero-order valence-electron chi connectivity index (χ0n) is 8.65. The van der Waals surface area contributed by atoms with Crippen LogP contribution in [0.5, 0.6) is 0 Å². The number of amides is 3. The number of nitrogens with one attached hydrogen (secondary N) is 1. The number of anilines is 1. The van der Waals surface area contributed by atoms with Crippen molar-refractivity contribution in [1.29, 1.82) is 0 Å². The Morgan fingerprint density at radius 3 is 2.27 bits per heavy atom. The van der Waals surface area contributed by atoms with Crippen LogP contribution in [0, 0.1) is 6.92 Å². The molecule has 3 amide bonds. The number of imide groups is 1. The number of carbonyl (C=O) groups excluding carboxylic acids is 2. The molecule has 1 aromatic rings. The Kier molecular flexibility index (Phi) is 2.19. The molecule has 0 saturated carbocycles. The first-order valence-electron chi connectivity index (χ1n) is 4.80. The van der Waals surface area contributed by atoms with Crippen LogP contribution >= 0.6 is 0 Å². The third kappa shape index (κ3) is 1.58. The Hall–Kier alpha value is -1.84. The highest BCUT2D eigenvalue weighted by Crippen LogP contribution is 2.21. The van der Waals surface area contributed by atoms with Crippen molar-refractivity contribution in [2.24, 2.45) is 0 Å². The van der Waals surface area contributed by atoms with Crippen LogP contribution in [0.2, 0.25) is 0 Å². The van der Waals surface area contributed by atoms with Crippen molar-refractivity contribution in [3.05, 3.63) is 29.8 Å². The maximum Gasteiger partial charge on any atom is 0.329 e. The molecule has 0 aromatic heterocycles. The SMILES string of the molecule is Cc1ccc(N2C(=O)NC(=O)[C@@H]2C)cc1. The van der Waals surface area contributed by atoms with Crippen LogP contribution < -0.4 is 10.2 Å². The summed E-state index contributed by atoms with van der Waals surface area (Å²) in [7, 11) is 0. The number of rotatable bonds is 1. The van der Waals surface area contributed by atoms with Crippen LogP contribution in [0.15, 0.2) is 24.3 Å². The standard InChI is InChI=1S/C11H12N2O2/c1-7-3-5-9(6-4-7)13-8(2)10(14)12-11(13)15/h3-6,8H,1-2H3,(H,12,14,15)/t8-/m0/s1. The number of benzene rings is 1. The summed E-state index contributed by atoms with van der Waals surface area (Å²) in [6.45, 7) is 3.68. The Balaban J connectivity index is 2.34. The molecule has 2 rings (SSSR count). The van der Waals surface area contributed by atoms with Gasteiger partial charge >= 0.3 is 6.03 Å². The van der Waals surface area contributed by atoms with Crippen molar-refractivity contribution in [2.45, 2.75) is 19.9 Å². The van der Waals surface area contributed by atoms with Crippen LogP contribution in [0.3, 0.4) is 0 Å². The van der Waals surface area contributed by atoms with E-state index in [1.807, 2.05) is 31.2 Å². The highest BCUT2D eigenvalue weighted by Gasteiger charge is 2.35. The van der Waals surface area contributed by atoms with Crippen molar-refractivity contribution < 1.29 is 9.59 Å². The quantitative estimate of drug-likeness (QED) is 0.704. The number of urea groups is 1. The highest BCUT2D eigenvalue weighted by atomic mass is 16.2. The third-order valence-electron chi connectivity index (χ3n) is 2.53. The van der Waals surface area contributed by atoms with E-state index in [9.17, 15) is 9.59 Å². The molecule has 1 aliphatic rings. The molecule has 0 aliphatic carbocycles. The average Bonchev–Trinajstić information content (AvgIpc) is 2.44. The number of aryl methyl sites for hydroxylation is 1. The molecule has 0 radical (unpaired) electrons. The average molecular weight is 204 g/mol. The van der Waals surface area contributed by atoms with Gasteiger partial charge < -0.3 is 0 Å². The van der Waals surface area contributed by atoms with E-state index in [2.05, 4.69) is 5.32 Å². The summed E-state index contributed by atoms with van der Waals surface area (Å²) < 4.78 is 0. The molecule has 1 saturated heterocycles. The van der Waals surface area contributed by atoms with E-state index in [1.165, 1.54) is 4.90 Å². The minimum Gasteiger partial charge on any atom is -0.282 e. The smallest absolute Gasteiger partial charge is 0.282 e. The van der Waals surface area contributed by atoms with Gasteiger partial charge in [-0.1, -0.05) is 17.7 Å². The first kappa shape index (κ1) is 9.71. The number of nitrogens with zero attached hydrogens (tertiary/aromatic N) is 1. The topological polar surface area (TPSA) is 49.4 Å². The lowest BCUT2D eigenvalue weighted by molar-refractivity contribution is -0.119. The van der Waals surface area contributed by atoms with Crippen LogP contribution in [0.4, 0.5) is 10.5 Å². The van der Waals surface area contributed by atoms with E-state index in [-0.39, 0.29) is 11.9 Å². The highest BCUT2D eigenvalue weighted by molar-refractivity contribution is 6.14. The maximum atomic E-state index is 11.5. The lowest BCUT2D eigenvalue weighted by atomic mass is 10.2. The Labute approximate surface area is 87.9 Å². The molecule has 0 spiro atoms. The van der Waals surface area contributed by atoms with Gasteiger partial charge in [-0.05, 0) is 26.0 Å². The molecule has 78 valence electrons. The summed E-state index contributed by atoms with van der Waals surface area (Å²) in [6, 6.07) is 6.72. The number of hydrogen-bond acceptors (Lipinski definition) is 2. The molecule has 0 unspecified atom stereocenters. The molecule has 1 N–H and O–H groups in total. The van der Waals surface area contributed by atoms with Gasteiger partial charge in [0, 0.05) is 5.69 Å². The van der Waals surface area contributed by atoms with Crippen molar-refractivity contribution in [3.63, 3.8) is 0 Å². The molecule has 4 heteroatoms. The van der Waals surface area contributed by atoms with Crippen LogP contribution in [-0.2, 0) is 4.79 Å². The second kappa shape index (κ2) is 3.38. The molecule has 1 atom stereocenters. The van der Waals surface area contributed by atoms with E-state index in [0.29, 0.717) is 0 Å².